The van der Waals surface area contributed by atoms with E-state index in [1.165, 1.54) is 12.8 Å². The zero-order chi connectivity index (χ0) is 12.3. The summed E-state index contributed by atoms with van der Waals surface area (Å²) in [5.41, 5.74) is 6.11. The van der Waals surface area contributed by atoms with Gasteiger partial charge in [0, 0.05) is 12.6 Å². The fraction of sp³-hybridized carbons (Fsp3) is 0.769. The van der Waals surface area contributed by atoms with E-state index < -0.39 is 0 Å². The summed E-state index contributed by atoms with van der Waals surface area (Å²) in [6, 6.07) is 0.0721. The molecule has 2 rings (SSSR count). The number of nitrogens with two attached hydrogens (primary N) is 1. The average molecular weight is 238 g/mol. The molecule has 96 valence electrons. The summed E-state index contributed by atoms with van der Waals surface area (Å²) >= 11 is 0. The minimum absolute atomic E-state index is 0.0353. The average Bonchev–Trinajstić information content (AvgIpc) is 2.89. The van der Waals surface area contributed by atoms with Crippen molar-refractivity contribution >= 4 is 5.91 Å². The minimum Gasteiger partial charge on any atom is -0.376 e. The largest absolute Gasteiger partial charge is 0.376 e. The molecule has 0 aromatic rings. The molecule has 0 spiro atoms. The lowest BCUT2D eigenvalue weighted by Gasteiger charge is -2.26. The van der Waals surface area contributed by atoms with Crippen molar-refractivity contribution in [2.45, 2.75) is 25.3 Å². The quantitative estimate of drug-likeness (QED) is 0.528. The molecule has 0 aromatic heterocycles. The van der Waals surface area contributed by atoms with Crippen molar-refractivity contribution < 1.29 is 9.53 Å². The van der Waals surface area contributed by atoms with Gasteiger partial charge in [0.1, 0.15) is 0 Å². The van der Waals surface area contributed by atoms with Gasteiger partial charge in [-0.15, -0.1) is 6.58 Å². The Balaban J connectivity index is 1.71. The Bertz CT molecular complexity index is 291. The van der Waals surface area contributed by atoms with Crippen LogP contribution in [0.2, 0.25) is 0 Å². The standard InChI is InChI=1S/C13H22N2O2/c1-2-6-17-7-5-15-13(16)11-9-3-4-10(8-9)12(11)14/h2,9-12H,1,3-8,14H2,(H,15,16). The third kappa shape index (κ3) is 2.69. The summed E-state index contributed by atoms with van der Waals surface area (Å²) in [7, 11) is 0. The van der Waals surface area contributed by atoms with E-state index in [0.29, 0.717) is 31.6 Å². The molecule has 2 bridgehead atoms. The van der Waals surface area contributed by atoms with Crippen LogP contribution in [0.25, 0.3) is 0 Å². The predicted molar refractivity (Wildman–Crippen MR) is 66.3 cm³/mol. The van der Waals surface area contributed by atoms with Crippen LogP contribution in [0.1, 0.15) is 19.3 Å². The normalized spacial score (nSPS) is 34.9. The molecule has 4 nitrogen and oxygen atoms in total. The Kier molecular flexibility index (Phi) is 4.18. The molecule has 4 unspecified atom stereocenters. The lowest BCUT2D eigenvalue weighted by molar-refractivity contribution is -0.127. The van der Waals surface area contributed by atoms with Crippen LogP contribution in [-0.4, -0.2) is 31.7 Å². The summed E-state index contributed by atoms with van der Waals surface area (Å²) in [4.78, 5) is 12.0. The molecule has 4 heteroatoms. The Labute approximate surface area is 103 Å². The Morgan fingerprint density at radius 2 is 2.24 bits per heavy atom. The number of carbonyl (C=O) groups excluding carboxylic acids is 1. The fourth-order valence-electron chi connectivity index (χ4n) is 3.26. The van der Waals surface area contributed by atoms with Crippen molar-refractivity contribution in [2.75, 3.05) is 19.8 Å². The highest BCUT2D eigenvalue weighted by molar-refractivity contribution is 5.80. The van der Waals surface area contributed by atoms with Gasteiger partial charge in [0.15, 0.2) is 0 Å². The van der Waals surface area contributed by atoms with Gasteiger partial charge in [0.25, 0.3) is 0 Å². The van der Waals surface area contributed by atoms with E-state index in [0.717, 1.165) is 6.42 Å². The Hall–Kier alpha value is -0.870. The molecule has 0 saturated heterocycles. The first-order chi connectivity index (χ1) is 8.24. The van der Waals surface area contributed by atoms with E-state index in [-0.39, 0.29) is 17.9 Å². The molecule has 1 amide bonds. The Morgan fingerprint density at radius 1 is 1.47 bits per heavy atom. The van der Waals surface area contributed by atoms with Crippen molar-refractivity contribution in [1.82, 2.24) is 5.32 Å². The number of fused-ring (bicyclic) bond motifs is 2. The number of hydrogen-bond donors (Lipinski definition) is 2. The van der Waals surface area contributed by atoms with Crippen molar-refractivity contribution in [1.29, 1.82) is 0 Å². The third-order valence-electron chi connectivity index (χ3n) is 4.06. The molecule has 0 aromatic carbocycles. The smallest absolute Gasteiger partial charge is 0.225 e. The maximum Gasteiger partial charge on any atom is 0.225 e. The molecular formula is C13H22N2O2. The molecule has 17 heavy (non-hydrogen) atoms. The first-order valence-electron chi connectivity index (χ1n) is 6.46. The molecule has 0 aliphatic heterocycles. The number of amides is 1. The van der Waals surface area contributed by atoms with Crippen LogP contribution in [0.5, 0.6) is 0 Å². The minimum atomic E-state index is 0.0353. The van der Waals surface area contributed by atoms with Gasteiger partial charge in [-0.2, -0.15) is 0 Å². The van der Waals surface area contributed by atoms with Gasteiger partial charge in [-0.25, -0.2) is 0 Å². The van der Waals surface area contributed by atoms with Crippen LogP contribution in [0, 0.1) is 17.8 Å². The molecule has 2 saturated carbocycles. The lowest BCUT2D eigenvalue weighted by atomic mass is 9.84. The van der Waals surface area contributed by atoms with Crippen LogP contribution in [0.4, 0.5) is 0 Å². The van der Waals surface area contributed by atoms with E-state index in [4.69, 9.17) is 10.5 Å². The van der Waals surface area contributed by atoms with E-state index >= 15 is 0 Å². The molecule has 4 atom stereocenters. The highest BCUT2D eigenvalue weighted by Gasteiger charge is 2.48. The zero-order valence-electron chi connectivity index (χ0n) is 10.2. The van der Waals surface area contributed by atoms with Crippen LogP contribution in [0.3, 0.4) is 0 Å². The van der Waals surface area contributed by atoms with Crippen molar-refractivity contribution in [3.8, 4) is 0 Å². The van der Waals surface area contributed by atoms with E-state index in [9.17, 15) is 4.79 Å². The van der Waals surface area contributed by atoms with Crippen molar-refractivity contribution in [3.05, 3.63) is 12.7 Å². The van der Waals surface area contributed by atoms with Crippen molar-refractivity contribution in [2.24, 2.45) is 23.5 Å². The summed E-state index contributed by atoms with van der Waals surface area (Å²) < 4.78 is 5.22. The second-order valence-corrected chi connectivity index (χ2v) is 5.09. The summed E-state index contributed by atoms with van der Waals surface area (Å²) in [5.74, 6) is 1.25. The van der Waals surface area contributed by atoms with Gasteiger partial charge in [-0.3, -0.25) is 4.79 Å². The maximum atomic E-state index is 12.0. The van der Waals surface area contributed by atoms with Crippen LogP contribution in [-0.2, 0) is 9.53 Å². The maximum absolute atomic E-state index is 12.0. The third-order valence-corrected chi connectivity index (χ3v) is 4.06. The van der Waals surface area contributed by atoms with Gasteiger partial charge in [0.2, 0.25) is 5.91 Å². The molecular weight excluding hydrogens is 216 g/mol. The van der Waals surface area contributed by atoms with Gasteiger partial charge in [-0.05, 0) is 31.1 Å². The zero-order valence-corrected chi connectivity index (χ0v) is 10.2. The number of carbonyl (C=O) groups is 1. The van der Waals surface area contributed by atoms with Crippen LogP contribution >= 0.6 is 0 Å². The molecule has 0 heterocycles. The number of rotatable bonds is 6. The van der Waals surface area contributed by atoms with Gasteiger partial charge in [0.05, 0.1) is 19.1 Å². The number of hydrogen-bond acceptors (Lipinski definition) is 3. The first-order valence-corrected chi connectivity index (χ1v) is 6.46. The molecule has 2 fully saturated rings. The van der Waals surface area contributed by atoms with E-state index in [1.807, 2.05) is 0 Å². The van der Waals surface area contributed by atoms with E-state index in [1.54, 1.807) is 6.08 Å². The lowest BCUT2D eigenvalue weighted by Crippen LogP contribution is -2.45. The number of ether oxygens (including phenoxy) is 1. The highest BCUT2D eigenvalue weighted by Crippen LogP contribution is 2.47. The summed E-state index contributed by atoms with van der Waals surface area (Å²) in [6.07, 6.45) is 5.22. The molecule has 0 radical (unpaired) electrons. The second-order valence-electron chi connectivity index (χ2n) is 5.09. The second kappa shape index (κ2) is 5.65. The van der Waals surface area contributed by atoms with Crippen molar-refractivity contribution in [3.63, 3.8) is 0 Å². The summed E-state index contributed by atoms with van der Waals surface area (Å²) in [6.45, 7) is 5.19. The first kappa shape index (κ1) is 12.6. The van der Waals surface area contributed by atoms with Gasteiger partial charge < -0.3 is 15.8 Å². The monoisotopic (exact) mass is 238 g/mol. The topological polar surface area (TPSA) is 64.3 Å². The molecule has 2 aliphatic rings. The van der Waals surface area contributed by atoms with E-state index in [2.05, 4.69) is 11.9 Å². The van der Waals surface area contributed by atoms with Gasteiger partial charge >= 0.3 is 0 Å². The summed E-state index contributed by atoms with van der Waals surface area (Å²) in [5, 5.41) is 2.92. The molecule has 3 N–H and O–H groups in total. The highest BCUT2D eigenvalue weighted by atomic mass is 16.5. The van der Waals surface area contributed by atoms with Gasteiger partial charge in [-0.1, -0.05) is 6.08 Å². The fourth-order valence-corrected chi connectivity index (χ4v) is 3.26. The number of nitrogens with one attached hydrogen (secondary N) is 1. The predicted octanol–water partition coefficient (Wildman–Crippen LogP) is 0.679. The van der Waals surface area contributed by atoms with Crippen LogP contribution in [0.15, 0.2) is 12.7 Å². The van der Waals surface area contributed by atoms with Crippen LogP contribution < -0.4 is 11.1 Å². The SMILES string of the molecule is C=CCOCCNC(=O)C1C2CCC(C2)C1N. The Morgan fingerprint density at radius 3 is 2.88 bits per heavy atom. The molecule has 2 aliphatic carbocycles.